The van der Waals surface area contributed by atoms with Gasteiger partial charge in [-0.05, 0) is 24.6 Å². The molecule has 0 saturated carbocycles. The summed E-state index contributed by atoms with van der Waals surface area (Å²) in [7, 11) is 0. The summed E-state index contributed by atoms with van der Waals surface area (Å²) >= 11 is 0. The molecule has 0 fully saturated rings. The minimum Gasteiger partial charge on any atom is -0.464 e. The SMILES string of the molecule is Cc1ccoc2cccc1-2. The van der Waals surface area contributed by atoms with Crippen molar-refractivity contribution in [2.45, 2.75) is 6.92 Å². The third-order valence-electron chi connectivity index (χ3n) is 1.71. The van der Waals surface area contributed by atoms with Crippen molar-refractivity contribution in [3.8, 4) is 11.3 Å². The topological polar surface area (TPSA) is 13.1 Å². The van der Waals surface area contributed by atoms with Gasteiger partial charge in [0.25, 0.3) is 0 Å². The fourth-order valence-electron chi connectivity index (χ4n) is 1.13. The van der Waals surface area contributed by atoms with E-state index in [0.717, 1.165) is 5.76 Å². The van der Waals surface area contributed by atoms with Crippen LogP contribution in [0.5, 0.6) is 0 Å². The smallest absolute Gasteiger partial charge is 0.133 e. The minimum absolute atomic E-state index is 0.972. The maximum absolute atomic E-state index is 5.23. The van der Waals surface area contributed by atoms with Crippen LogP contribution in [-0.2, 0) is 0 Å². The number of hydrogen-bond acceptors (Lipinski definition) is 1. The second kappa shape index (κ2) is 1.87. The van der Waals surface area contributed by atoms with Crippen LogP contribution in [0.4, 0.5) is 0 Å². The number of hydrogen-bond donors (Lipinski definition) is 0. The van der Waals surface area contributed by atoms with Crippen LogP contribution in [0.25, 0.3) is 11.3 Å². The molecule has 0 saturated heterocycles. The average Bonchev–Trinajstić information content (AvgIpc) is 2.36. The molecule has 2 rings (SSSR count). The molecule has 0 N–H and O–H groups in total. The fourth-order valence-corrected chi connectivity index (χ4v) is 1.13. The van der Waals surface area contributed by atoms with Crippen LogP contribution in [-0.4, -0.2) is 0 Å². The van der Waals surface area contributed by atoms with Gasteiger partial charge in [-0.1, -0.05) is 12.1 Å². The summed E-state index contributed by atoms with van der Waals surface area (Å²) in [5.74, 6) is 0.972. The highest BCUT2D eigenvalue weighted by atomic mass is 16.3. The first-order valence-corrected chi connectivity index (χ1v) is 3.31. The molecule has 0 radical (unpaired) electrons. The Morgan fingerprint density at radius 3 is 2.90 bits per heavy atom. The molecule has 10 heavy (non-hydrogen) atoms. The van der Waals surface area contributed by atoms with Gasteiger partial charge in [-0.3, -0.25) is 0 Å². The molecular formula is C9H8O. The summed E-state index contributed by atoms with van der Waals surface area (Å²) in [6, 6.07) is 8.01. The van der Waals surface area contributed by atoms with Crippen molar-refractivity contribution in [3.05, 3.63) is 36.1 Å². The largest absolute Gasteiger partial charge is 0.464 e. The Bertz CT molecular complexity index is 309. The van der Waals surface area contributed by atoms with E-state index in [4.69, 9.17) is 4.42 Å². The standard InChI is InChI=1S/C9H8O/c1-7-5-6-10-9-4-2-3-8(7)9/h2-6H,1H3. The van der Waals surface area contributed by atoms with E-state index in [1.54, 1.807) is 6.26 Å². The van der Waals surface area contributed by atoms with Crippen LogP contribution in [0.1, 0.15) is 5.56 Å². The van der Waals surface area contributed by atoms with Crippen molar-refractivity contribution in [2.24, 2.45) is 0 Å². The van der Waals surface area contributed by atoms with Gasteiger partial charge >= 0.3 is 0 Å². The zero-order chi connectivity index (χ0) is 6.97. The van der Waals surface area contributed by atoms with Crippen LogP contribution >= 0.6 is 0 Å². The van der Waals surface area contributed by atoms with Gasteiger partial charge in [0.2, 0.25) is 0 Å². The lowest BCUT2D eigenvalue weighted by molar-refractivity contribution is 0.565. The zero-order valence-electron chi connectivity index (χ0n) is 5.79. The lowest BCUT2D eigenvalue weighted by Crippen LogP contribution is -1.76. The van der Waals surface area contributed by atoms with Crippen LogP contribution in [0.15, 0.2) is 34.9 Å². The van der Waals surface area contributed by atoms with Gasteiger partial charge in [0.1, 0.15) is 5.76 Å². The second-order valence-corrected chi connectivity index (χ2v) is 2.41. The van der Waals surface area contributed by atoms with Crippen LogP contribution in [0, 0.1) is 6.92 Å². The van der Waals surface area contributed by atoms with Crippen molar-refractivity contribution in [1.82, 2.24) is 0 Å². The average molecular weight is 132 g/mol. The van der Waals surface area contributed by atoms with Crippen LogP contribution < -0.4 is 0 Å². The molecule has 0 amide bonds. The molecule has 2 aliphatic rings. The van der Waals surface area contributed by atoms with E-state index in [2.05, 4.69) is 13.0 Å². The van der Waals surface area contributed by atoms with Gasteiger partial charge in [0.05, 0.1) is 6.26 Å². The van der Waals surface area contributed by atoms with Gasteiger partial charge in [0.15, 0.2) is 0 Å². The van der Waals surface area contributed by atoms with Gasteiger partial charge in [-0.2, -0.15) is 0 Å². The molecule has 1 heteroatoms. The molecule has 1 nitrogen and oxygen atoms in total. The maximum Gasteiger partial charge on any atom is 0.133 e. The van der Waals surface area contributed by atoms with Crippen molar-refractivity contribution in [3.63, 3.8) is 0 Å². The van der Waals surface area contributed by atoms with E-state index in [-0.39, 0.29) is 0 Å². The Balaban J connectivity index is 2.80. The van der Waals surface area contributed by atoms with Crippen molar-refractivity contribution < 1.29 is 4.42 Å². The number of aryl methyl sites for hydroxylation is 1. The first-order chi connectivity index (χ1) is 4.88. The van der Waals surface area contributed by atoms with Crippen molar-refractivity contribution in [1.29, 1.82) is 0 Å². The molecule has 0 aromatic heterocycles. The summed E-state index contributed by atoms with van der Waals surface area (Å²) in [5.41, 5.74) is 2.48. The second-order valence-electron chi connectivity index (χ2n) is 2.41. The Labute approximate surface area is 59.6 Å². The summed E-state index contributed by atoms with van der Waals surface area (Å²) in [6.45, 7) is 2.08. The summed E-state index contributed by atoms with van der Waals surface area (Å²) in [5, 5.41) is 0. The van der Waals surface area contributed by atoms with Gasteiger partial charge in [-0.15, -0.1) is 0 Å². The van der Waals surface area contributed by atoms with E-state index in [9.17, 15) is 0 Å². The summed E-state index contributed by atoms with van der Waals surface area (Å²) in [4.78, 5) is 0. The van der Waals surface area contributed by atoms with E-state index < -0.39 is 0 Å². The lowest BCUT2D eigenvalue weighted by Gasteiger charge is -1.99. The third kappa shape index (κ3) is 0.637. The molecule has 0 unspecified atom stereocenters. The maximum atomic E-state index is 5.23. The molecule has 1 aliphatic carbocycles. The highest BCUT2D eigenvalue weighted by Crippen LogP contribution is 2.25. The predicted molar refractivity (Wildman–Crippen MR) is 40.1 cm³/mol. The summed E-state index contributed by atoms with van der Waals surface area (Å²) < 4.78 is 5.23. The molecule has 0 bridgehead atoms. The zero-order valence-corrected chi connectivity index (χ0v) is 5.79. The first kappa shape index (κ1) is 5.54. The fraction of sp³-hybridized carbons (Fsp3) is 0.111. The Hall–Kier alpha value is -1.24. The van der Waals surface area contributed by atoms with E-state index in [0.29, 0.717) is 0 Å². The van der Waals surface area contributed by atoms with Crippen molar-refractivity contribution >= 4 is 0 Å². The number of fused-ring (bicyclic) bond motifs is 1. The van der Waals surface area contributed by atoms with E-state index >= 15 is 0 Å². The molecule has 50 valence electrons. The highest BCUT2D eigenvalue weighted by Gasteiger charge is 2.04. The Morgan fingerprint density at radius 1 is 1.20 bits per heavy atom. The molecule has 1 aliphatic heterocycles. The highest BCUT2D eigenvalue weighted by molar-refractivity contribution is 5.63. The Kier molecular flexibility index (Phi) is 1.04. The van der Waals surface area contributed by atoms with E-state index in [1.165, 1.54) is 11.1 Å². The molecule has 1 heterocycles. The minimum atomic E-state index is 0.972. The van der Waals surface area contributed by atoms with Crippen molar-refractivity contribution in [2.75, 3.05) is 0 Å². The number of rotatable bonds is 0. The Morgan fingerprint density at radius 2 is 2.10 bits per heavy atom. The predicted octanol–water partition coefficient (Wildman–Crippen LogP) is 2.69. The summed E-state index contributed by atoms with van der Waals surface area (Å²) in [6.07, 6.45) is 1.72. The molecule has 0 spiro atoms. The third-order valence-corrected chi connectivity index (χ3v) is 1.71. The molecular weight excluding hydrogens is 124 g/mol. The van der Waals surface area contributed by atoms with Crippen LogP contribution in [0.2, 0.25) is 0 Å². The van der Waals surface area contributed by atoms with Crippen LogP contribution in [0.3, 0.4) is 0 Å². The van der Waals surface area contributed by atoms with E-state index in [1.807, 2.05) is 18.2 Å². The van der Waals surface area contributed by atoms with Gasteiger partial charge in [-0.25, -0.2) is 0 Å². The quantitative estimate of drug-likeness (QED) is 0.537. The van der Waals surface area contributed by atoms with Gasteiger partial charge < -0.3 is 4.42 Å². The monoisotopic (exact) mass is 132 g/mol. The lowest BCUT2D eigenvalue weighted by atomic mass is 10.1. The normalized spacial score (nSPS) is 10.5. The van der Waals surface area contributed by atoms with Gasteiger partial charge in [0, 0.05) is 5.56 Å². The molecule has 0 atom stereocenters. The first-order valence-electron chi connectivity index (χ1n) is 3.31. The molecule has 0 aromatic rings. The molecule has 0 aromatic carbocycles.